The average Bonchev–Trinajstić information content (AvgIpc) is 1.62. The lowest BCUT2D eigenvalue weighted by Crippen LogP contribution is -2.48. The van der Waals surface area contributed by atoms with Crippen molar-refractivity contribution in [3.05, 3.63) is 249 Å². The number of Topliss-reactive ketones (excluding diaryl/α,β-unsaturated/α-hetero) is 1. The quantitative estimate of drug-likeness (QED) is 0.0357. The lowest BCUT2D eigenvalue weighted by Gasteiger charge is -2.32. The van der Waals surface area contributed by atoms with Crippen LogP contribution in [0.2, 0.25) is 0 Å². The maximum Gasteiger partial charge on any atom is 0.321 e. The largest absolute Gasteiger partial charge is 0.365 e. The van der Waals surface area contributed by atoms with E-state index in [0.29, 0.717) is 184 Å². The molecule has 23 rings (SSSR count). The van der Waals surface area contributed by atoms with Gasteiger partial charge in [-0.1, -0.05) is 56.3 Å². The summed E-state index contributed by atoms with van der Waals surface area (Å²) >= 11 is 0. The highest BCUT2D eigenvalue weighted by Gasteiger charge is 2.27. The number of nitrogens with two attached hydrogens (primary N) is 2. The van der Waals surface area contributed by atoms with Crippen molar-refractivity contribution in [2.45, 2.75) is 33.1 Å². The van der Waals surface area contributed by atoms with Crippen LogP contribution in [0.1, 0.15) is 53.1 Å². The zero-order valence-corrected chi connectivity index (χ0v) is 75.9. The Morgan fingerprint density at radius 3 is 1.12 bits per heavy atom. The van der Waals surface area contributed by atoms with Crippen molar-refractivity contribution < 1.29 is 37.5 Å². The van der Waals surface area contributed by atoms with E-state index in [1.165, 1.54) is 29.4 Å². The Morgan fingerprint density at radius 1 is 0.380 bits per heavy atom. The predicted molar refractivity (Wildman–Crippen MR) is 527 cm³/mol. The molecule has 0 atom stereocenters. The highest BCUT2D eigenvalue weighted by atomic mass is 19.1. The van der Waals surface area contributed by atoms with Gasteiger partial charge in [-0.3, -0.25) is 79.4 Å². The third-order valence-electron chi connectivity index (χ3n) is 23.5. The third kappa shape index (κ3) is 18.5. The number of anilines is 3. The van der Waals surface area contributed by atoms with Crippen molar-refractivity contribution in [2.75, 3.05) is 63.3 Å². The summed E-state index contributed by atoms with van der Waals surface area (Å²) in [5, 5.41) is 40.6. The molecule has 44 heteroatoms. The maximum atomic E-state index is 14.6. The molecule has 22 aromatic rings. The lowest BCUT2D eigenvalue weighted by atomic mass is 10.1. The first-order valence-electron chi connectivity index (χ1n) is 44.3. The Labute approximate surface area is 799 Å². The Bertz CT molecular complexity index is 8670. The molecule has 2 aromatic carbocycles. The molecule has 142 heavy (non-hydrogen) atoms. The monoisotopic (exact) mass is 1890 g/mol. The number of hydrogen-bond donors (Lipinski definition) is 13. The van der Waals surface area contributed by atoms with E-state index in [-0.39, 0.29) is 46.5 Å². The van der Waals surface area contributed by atoms with Gasteiger partial charge in [0.25, 0.3) is 11.8 Å². The van der Waals surface area contributed by atoms with E-state index in [0.717, 1.165) is 84.8 Å². The second kappa shape index (κ2) is 38.7. The number of ketones is 1. The van der Waals surface area contributed by atoms with Gasteiger partial charge in [-0.25, -0.2) is 58.2 Å². The summed E-state index contributed by atoms with van der Waals surface area (Å²) in [6.07, 6.45) is 32.1. The van der Waals surface area contributed by atoms with E-state index in [1.54, 1.807) is 168 Å². The number of rotatable bonds is 19. The van der Waals surface area contributed by atoms with Gasteiger partial charge in [-0.05, 0) is 67.7 Å². The van der Waals surface area contributed by atoms with E-state index < -0.39 is 11.8 Å². The van der Waals surface area contributed by atoms with E-state index in [4.69, 9.17) is 21.4 Å². The smallest absolute Gasteiger partial charge is 0.321 e. The van der Waals surface area contributed by atoms with Crippen molar-refractivity contribution in [1.82, 2.24) is 155 Å². The van der Waals surface area contributed by atoms with Gasteiger partial charge in [0.1, 0.15) is 62.3 Å². The number of nitrogens with one attached hydrogen (secondary N) is 11. The molecule has 1 fully saturated rings. The van der Waals surface area contributed by atoms with Gasteiger partial charge in [-0.15, -0.1) is 0 Å². The van der Waals surface area contributed by atoms with Crippen molar-refractivity contribution in [3.63, 3.8) is 0 Å². The number of carbonyl (C=O) groups is 6. The topological polar surface area (TPSA) is 584 Å². The van der Waals surface area contributed by atoms with E-state index in [9.17, 15) is 37.5 Å². The van der Waals surface area contributed by atoms with Gasteiger partial charge >= 0.3 is 12.1 Å². The Hall–Kier alpha value is -19.6. The van der Waals surface area contributed by atoms with Crippen LogP contribution in [0.15, 0.2) is 221 Å². The summed E-state index contributed by atoms with van der Waals surface area (Å²) in [5.41, 5.74) is 31.4. The summed E-state index contributed by atoms with van der Waals surface area (Å²) in [6.45, 7) is 6.67. The molecular formula is C98H80F2N36O6. The van der Waals surface area contributed by atoms with E-state index in [1.807, 2.05) is 68.6 Å². The summed E-state index contributed by atoms with van der Waals surface area (Å²) in [7, 11) is 5.38. The highest BCUT2D eigenvalue weighted by Crippen LogP contribution is 2.39. The third-order valence-corrected chi connectivity index (χ3v) is 23.5. The van der Waals surface area contributed by atoms with Crippen LogP contribution >= 0.6 is 0 Å². The molecule has 702 valence electrons. The van der Waals surface area contributed by atoms with Crippen LogP contribution in [0, 0.1) is 11.6 Å². The molecule has 0 bridgehead atoms. The standard InChI is InChI=1S/C29H25FN10O.C26H20FN9O.C22H18N8O2.C21H17N9O2/c1-39-6-8-40(9-7-39)29(41)34-19-10-17(12-31-14-19)18-11-21-26(37-38-27(21)33-13-18)28-35-24-16-32-15-22(25(24)36-28)20-4-2-3-5-23(20)30;1-36(2)26(37)31-16-7-14(9-28-11-16)15-8-18-23(34-35-24(18)30-10-15)25-32-21-13-29-12-19(22(21)33-25)17-5-3-4-6-20(17)27;1-2-14(31)6-13-4-3-11(7-25-13)12-5-15-19(29-30-21(15)26-8-12)22-27-17-10-24-9-16(20(23)32)18(17)28-22;1-2-16(31)26-12-3-10(5-23-7-12)11-4-13-18(29-30-20(13)25-6-11)21-27-15-9-24-8-14(19(22)32)17(15)28-21/h2-5,10-16H,6-9H2,1H3,(H,34,41)(H,35,36)(H,33,37,38);3-13H,1-2H3,(H,31,37)(H,32,33)(H,30,34,35);3-5,7-10H,2,6H2,1H3,(H2,23,32)(H,27,28)(H,26,29,30);3-9H,2H2,1H3,(H2,22,32)(H,26,31)(H,27,28)(H,25,29,30). The molecule has 1 aliphatic rings. The molecule has 15 N–H and O–H groups in total. The Kier molecular flexibility index (Phi) is 24.6. The Morgan fingerprint density at radius 2 is 0.739 bits per heavy atom. The van der Waals surface area contributed by atoms with Gasteiger partial charge in [-0.2, -0.15) is 20.4 Å². The van der Waals surface area contributed by atoms with Crippen LogP contribution in [-0.2, 0) is 16.0 Å². The Balaban J connectivity index is 0.000000117. The highest BCUT2D eigenvalue weighted by molar-refractivity contribution is 6.07. The molecule has 20 aromatic heterocycles. The molecule has 21 heterocycles. The van der Waals surface area contributed by atoms with E-state index >= 15 is 0 Å². The van der Waals surface area contributed by atoms with Crippen LogP contribution in [0.4, 0.5) is 35.4 Å². The van der Waals surface area contributed by atoms with Gasteiger partial charge in [0.15, 0.2) is 45.9 Å². The average molecular weight is 1900 g/mol. The van der Waals surface area contributed by atoms with Crippen LogP contribution in [-0.4, -0.2) is 238 Å². The number of piperazine rings is 1. The number of primary amides is 2. The second-order valence-corrected chi connectivity index (χ2v) is 33.1. The number of likely N-dealkylation sites (N-methyl/N-ethyl adjacent to an activating group) is 1. The van der Waals surface area contributed by atoms with Crippen molar-refractivity contribution in [2.24, 2.45) is 11.5 Å². The van der Waals surface area contributed by atoms with E-state index in [2.05, 4.69) is 151 Å². The van der Waals surface area contributed by atoms with Crippen molar-refractivity contribution in [3.8, 4) is 113 Å². The SMILES string of the molecule is CCC(=O)Cc1ccc(-c2cnc3n[nH]c(-c4nc5c(C(N)=O)cncc5[nH]4)c3c2)cn1.CCC(=O)Nc1cncc(-c2cnc3n[nH]c(-c4nc5c(C(N)=O)cncc5[nH]4)c3c2)c1.CN(C)C(=O)Nc1cncc(-c2cnc3n[nH]c(-c4nc5c(-c6ccccc6F)cncc5[nH]4)c3c2)c1.CN1CCN(C(=O)Nc2cncc(-c3cnc4n[nH]c(-c5nc6c(-c7ccccc7F)cncc6[nH]5)c4c3)c2)CC1. The number of nitrogens with zero attached hydrogens (tertiary/aromatic N) is 23. The molecule has 1 aliphatic heterocycles. The minimum Gasteiger partial charge on any atom is -0.365 e. The van der Waals surface area contributed by atoms with Crippen LogP contribution in [0.5, 0.6) is 0 Å². The molecule has 0 unspecified atom stereocenters. The number of imidazole rings is 4. The minimum atomic E-state index is -0.609. The zero-order valence-electron chi connectivity index (χ0n) is 75.9. The molecule has 0 saturated carbocycles. The number of halogens is 2. The molecule has 42 nitrogen and oxygen atoms in total. The number of H-pyrrole nitrogens is 8. The molecule has 1 saturated heterocycles. The molecular weight excluding hydrogens is 1820 g/mol. The van der Waals surface area contributed by atoms with Crippen LogP contribution < -0.4 is 27.4 Å². The number of aromatic nitrogens is 28. The number of pyridine rings is 12. The fourth-order valence-corrected chi connectivity index (χ4v) is 16.0. The summed E-state index contributed by atoms with van der Waals surface area (Å²) in [4.78, 5) is 160. The first-order chi connectivity index (χ1) is 69.1. The predicted octanol–water partition coefficient (Wildman–Crippen LogP) is 14.4. The fraction of sp³-hybridized carbons (Fsp3) is 0.122. The maximum absolute atomic E-state index is 14.6. The molecule has 7 amide bonds. The molecule has 0 aliphatic carbocycles. The number of urea groups is 2. The number of carbonyl (C=O) groups excluding carboxylic acids is 6. The number of amides is 7. The lowest BCUT2D eigenvalue weighted by molar-refractivity contribution is -0.118. The normalized spacial score (nSPS) is 12.1. The first kappa shape index (κ1) is 90.3. The van der Waals surface area contributed by atoms with Gasteiger partial charge in [0.05, 0.1) is 115 Å². The van der Waals surface area contributed by atoms with Crippen molar-refractivity contribution in [1.29, 1.82) is 0 Å². The van der Waals surface area contributed by atoms with Crippen LogP contribution in [0.25, 0.3) is 201 Å². The van der Waals surface area contributed by atoms with Gasteiger partial charge in [0, 0.05) is 206 Å². The molecule has 0 radical (unpaired) electrons. The summed E-state index contributed by atoms with van der Waals surface area (Å²) in [6, 6.07) is 29.7. The first-order valence-corrected chi connectivity index (χ1v) is 44.3. The number of hydrogen-bond acceptors (Lipinski definition) is 27. The van der Waals surface area contributed by atoms with Crippen LogP contribution in [0.3, 0.4) is 0 Å². The number of aromatic amines is 8. The van der Waals surface area contributed by atoms with Crippen molar-refractivity contribution >= 4 is 141 Å². The fourth-order valence-electron chi connectivity index (χ4n) is 16.0. The van der Waals surface area contributed by atoms with Gasteiger partial charge < -0.3 is 62.1 Å². The summed E-state index contributed by atoms with van der Waals surface area (Å²) < 4.78 is 29.1. The zero-order chi connectivity index (χ0) is 97.9. The summed E-state index contributed by atoms with van der Waals surface area (Å²) in [5.74, 6) is 0.162. The van der Waals surface area contributed by atoms with Gasteiger partial charge in [0.2, 0.25) is 5.91 Å². The second-order valence-electron chi connectivity index (χ2n) is 33.1. The molecule has 0 spiro atoms. The number of benzene rings is 2. The number of fused-ring (bicyclic) bond motifs is 8. The minimum absolute atomic E-state index is 0.0932.